The van der Waals surface area contributed by atoms with E-state index in [1.54, 1.807) is 6.07 Å². The molecule has 2 aromatic rings. The molecule has 0 radical (unpaired) electrons. The highest BCUT2D eigenvalue weighted by molar-refractivity contribution is 7.89. The number of halogens is 1. The van der Waals surface area contributed by atoms with Crippen molar-refractivity contribution in [3.8, 4) is 5.75 Å². The van der Waals surface area contributed by atoms with E-state index in [1.165, 1.54) is 15.9 Å². The molecule has 1 aliphatic rings. The van der Waals surface area contributed by atoms with Crippen molar-refractivity contribution in [3.05, 3.63) is 53.3 Å². The Labute approximate surface area is 182 Å². The normalized spacial score (nSPS) is 15.1. The van der Waals surface area contributed by atoms with Gasteiger partial charge in [-0.1, -0.05) is 19.9 Å². The van der Waals surface area contributed by atoms with E-state index < -0.39 is 26.6 Å². The standard InChI is InChI=1S/C22H27FN2O5S/c1-15(2)19-6-5-18(12-16(19)3)30-14-22(26)24-17-4-7-20(23)21(13-17)31(27,28)25-8-10-29-11-9-25/h4-7,12-13,15H,8-11,14H2,1-3H3,(H,24,26). The Morgan fingerprint density at radius 1 is 1.19 bits per heavy atom. The van der Waals surface area contributed by atoms with Gasteiger partial charge < -0.3 is 14.8 Å². The molecule has 0 unspecified atom stereocenters. The first-order valence-corrected chi connectivity index (χ1v) is 11.5. The maximum atomic E-state index is 14.3. The highest BCUT2D eigenvalue weighted by Gasteiger charge is 2.29. The van der Waals surface area contributed by atoms with Gasteiger partial charge in [-0.2, -0.15) is 4.31 Å². The highest BCUT2D eigenvalue weighted by Crippen LogP contribution is 2.25. The van der Waals surface area contributed by atoms with Gasteiger partial charge in [-0.3, -0.25) is 4.79 Å². The lowest BCUT2D eigenvalue weighted by Crippen LogP contribution is -2.40. The first-order chi connectivity index (χ1) is 14.7. The SMILES string of the molecule is Cc1cc(OCC(=O)Nc2ccc(F)c(S(=O)(=O)N3CCOCC3)c2)ccc1C(C)C. The van der Waals surface area contributed by atoms with Gasteiger partial charge >= 0.3 is 0 Å². The van der Waals surface area contributed by atoms with Crippen LogP contribution in [0.15, 0.2) is 41.3 Å². The number of rotatable bonds is 7. The number of nitrogens with zero attached hydrogens (tertiary/aromatic N) is 1. The molecule has 0 saturated carbocycles. The number of hydrogen-bond donors (Lipinski definition) is 1. The molecule has 1 N–H and O–H groups in total. The van der Waals surface area contributed by atoms with Crippen LogP contribution in [-0.4, -0.2) is 51.5 Å². The fourth-order valence-corrected chi connectivity index (χ4v) is 4.93. The van der Waals surface area contributed by atoms with Crippen LogP contribution in [0.3, 0.4) is 0 Å². The smallest absolute Gasteiger partial charge is 0.262 e. The van der Waals surface area contributed by atoms with Crippen LogP contribution >= 0.6 is 0 Å². The quantitative estimate of drug-likeness (QED) is 0.700. The predicted molar refractivity (Wildman–Crippen MR) is 115 cm³/mol. The third-order valence-electron chi connectivity index (χ3n) is 5.04. The van der Waals surface area contributed by atoms with E-state index >= 15 is 0 Å². The minimum absolute atomic E-state index is 0.154. The van der Waals surface area contributed by atoms with E-state index in [0.29, 0.717) is 11.7 Å². The summed E-state index contributed by atoms with van der Waals surface area (Å²) in [5, 5.41) is 2.56. The van der Waals surface area contributed by atoms with Gasteiger partial charge in [0.1, 0.15) is 16.5 Å². The number of benzene rings is 2. The third kappa shape index (κ3) is 5.61. The summed E-state index contributed by atoms with van der Waals surface area (Å²) >= 11 is 0. The van der Waals surface area contributed by atoms with Crippen LogP contribution in [0.2, 0.25) is 0 Å². The molecule has 0 atom stereocenters. The summed E-state index contributed by atoms with van der Waals surface area (Å²) in [7, 11) is -4.03. The first kappa shape index (κ1) is 23.2. The van der Waals surface area contributed by atoms with Gasteiger partial charge in [0.2, 0.25) is 10.0 Å². The van der Waals surface area contributed by atoms with Crippen molar-refractivity contribution in [2.24, 2.45) is 0 Å². The summed E-state index contributed by atoms with van der Waals surface area (Å²) < 4.78 is 51.7. The lowest BCUT2D eigenvalue weighted by Gasteiger charge is -2.26. The molecule has 0 aliphatic carbocycles. The first-order valence-electron chi connectivity index (χ1n) is 10.1. The highest BCUT2D eigenvalue weighted by atomic mass is 32.2. The fraction of sp³-hybridized carbons (Fsp3) is 0.409. The van der Waals surface area contributed by atoms with Crippen molar-refractivity contribution in [3.63, 3.8) is 0 Å². The van der Waals surface area contributed by atoms with Crippen molar-refractivity contribution < 1.29 is 27.1 Å². The Bertz CT molecular complexity index is 1050. The number of anilines is 1. The zero-order valence-electron chi connectivity index (χ0n) is 17.9. The molecule has 3 rings (SSSR count). The number of morpholine rings is 1. The van der Waals surface area contributed by atoms with Gasteiger partial charge in [0.05, 0.1) is 13.2 Å². The van der Waals surface area contributed by atoms with E-state index in [0.717, 1.165) is 17.7 Å². The second-order valence-electron chi connectivity index (χ2n) is 7.67. The zero-order valence-corrected chi connectivity index (χ0v) is 18.7. The van der Waals surface area contributed by atoms with Crippen LogP contribution < -0.4 is 10.1 Å². The van der Waals surface area contributed by atoms with E-state index in [4.69, 9.17) is 9.47 Å². The van der Waals surface area contributed by atoms with Crippen molar-refractivity contribution in [1.29, 1.82) is 0 Å². The summed E-state index contributed by atoms with van der Waals surface area (Å²) in [5.41, 5.74) is 2.45. The minimum atomic E-state index is -4.03. The number of amides is 1. The number of hydrogen-bond acceptors (Lipinski definition) is 5. The van der Waals surface area contributed by atoms with Gasteiger partial charge in [0, 0.05) is 18.8 Å². The van der Waals surface area contributed by atoms with Crippen LogP contribution in [0.1, 0.15) is 30.9 Å². The van der Waals surface area contributed by atoms with Crippen LogP contribution in [0.4, 0.5) is 10.1 Å². The minimum Gasteiger partial charge on any atom is -0.484 e. The number of nitrogens with one attached hydrogen (secondary N) is 1. The maximum Gasteiger partial charge on any atom is 0.262 e. The van der Waals surface area contributed by atoms with E-state index in [2.05, 4.69) is 19.2 Å². The monoisotopic (exact) mass is 450 g/mol. The molecule has 2 aromatic carbocycles. The van der Waals surface area contributed by atoms with Crippen LogP contribution in [0.5, 0.6) is 5.75 Å². The Hall–Kier alpha value is -2.49. The molecule has 1 aliphatic heterocycles. The van der Waals surface area contributed by atoms with Gasteiger partial charge in [-0.25, -0.2) is 12.8 Å². The average Bonchev–Trinajstić information content (AvgIpc) is 2.74. The van der Waals surface area contributed by atoms with Gasteiger partial charge in [0.25, 0.3) is 5.91 Å². The molecule has 0 bridgehead atoms. The number of aryl methyl sites for hydroxylation is 1. The van der Waals surface area contributed by atoms with E-state index in [-0.39, 0.29) is 38.6 Å². The Kier molecular flexibility index (Phi) is 7.30. The largest absolute Gasteiger partial charge is 0.484 e. The Morgan fingerprint density at radius 3 is 2.55 bits per heavy atom. The molecule has 1 fully saturated rings. The lowest BCUT2D eigenvalue weighted by molar-refractivity contribution is -0.118. The molecule has 7 nitrogen and oxygen atoms in total. The van der Waals surface area contributed by atoms with Gasteiger partial charge in [-0.15, -0.1) is 0 Å². The Morgan fingerprint density at radius 2 is 1.90 bits per heavy atom. The predicted octanol–water partition coefficient (Wildman–Crippen LogP) is 3.30. The number of sulfonamides is 1. The average molecular weight is 451 g/mol. The molecular weight excluding hydrogens is 423 g/mol. The molecular formula is C22H27FN2O5S. The van der Waals surface area contributed by atoms with Crippen molar-refractivity contribution in [2.45, 2.75) is 31.6 Å². The molecule has 1 saturated heterocycles. The van der Waals surface area contributed by atoms with Crippen molar-refractivity contribution >= 4 is 21.6 Å². The summed E-state index contributed by atoms with van der Waals surface area (Å²) in [6.45, 7) is 6.75. The third-order valence-corrected chi connectivity index (χ3v) is 6.95. The molecule has 168 valence electrons. The van der Waals surface area contributed by atoms with Crippen LogP contribution in [0, 0.1) is 12.7 Å². The lowest BCUT2D eigenvalue weighted by atomic mass is 9.98. The van der Waals surface area contributed by atoms with Crippen LogP contribution in [0.25, 0.3) is 0 Å². The molecule has 0 aromatic heterocycles. The van der Waals surface area contributed by atoms with Crippen molar-refractivity contribution in [2.75, 3.05) is 38.2 Å². The topological polar surface area (TPSA) is 84.9 Å². The fourth-order valence-electron chi connectivity index (χ4n) is 3.44. The maximum absolute atomic E-state index is 14.3. The summed E-state index contributed by atoms with van der Waals surface area (Å²) in [5.74, 6) is -0.404. The summed E-state index contributed by atoms with van der Waals surface area (Å²) in [6, 6.07) is 9.11. The Balaban J connectivity index is 1.67. The second-order valence-corrected chi connectivity index (χ2v) is 9.58. The molecule has 1 heterocycles. The number of carbonyl (C=O) groups excluding carboxylic acids is 1. The van der Waals surface area contributed by atoms with Crippen LogP contribution in [-0.2, 0) is 19.6 Å². The van der Waals surface area contributed by atoms with E-state index in [9.17, 15) is 17.6 Å². The molecule has 0 spiro atoms. The zero-order chi connectivity index (χ0) is 22.6. The van der Waals surface area contributed by atoms with Gasteiger partial charge in [0.15, 0.2) is 6.61 Å². The second kappa shape index (κ2) is 9.76. The van der Waals surface area contributed by atoms with Crippen molar-refractivity contribution in [1.82, 2.24) is 4.31 Å². The molecule has 31 heavy (non-hydrogen) atoms. The summed E-state index contributed by atoms with van der Waals surface area (Å²) in [4.78, 5) is 11.8. The van der Waals surface area contributed by atoms with E-state index in [1.807, 2.05) is 19.1 Å². The number of carbonyl (C=O) groups is 1. The van der Waals surface area contributed by atoms with Gasteiger partial charge in [-0.05, 0) is 54.3 Å². The molecule has 1 amide bonds. The molecule has 9 heteroatoms. The summed E-state index contributed by atoms with van der Waals surface area (Å²) in [6.07, 6.45) is 0. The number of ether oxygens (including phenoxy) is 2.